The largest absolute Gasteiger partial charge is 0.459 e. The summed E-state index contributed by atoms with van der Waals surface area (Å²) in [5, 5.41) is 27.7. The van der Waals surface area contributed by atoms with Crippen molar-refractivity contribution in [2.24, 2.45) is 17.3 Å². The number of aryl methyl sites for hydroxylation is 1. The van der Waals surface area contributed by atoms with Gasteiger partial charge < -0.3 is 14.9 Å². The first-order valence-corrected chi connectivity index (χ1v) is 13.2. The van der Waals surface area contributed by atoms with Gasteiger partial charge in [0.15, 0.2) is 0 Å². The van der Waals surface area contributed by atoms with Crippen molar-refractivity contribution in [3.05, 3.63) is 21.9 Å². The number of thiophene rings is 1. The predicted molar refractivity (Wildman–Crippen MR) is 129 cm³/mol. The molecule has 2 aliphatic rings. The third kappa shape index (κ3) is 7.86. The lowest BCUT2D eigenvalue weighted by molar-refractivity contribution is -0.0435. The van der Waals surface area contributed by atoms with E-state index in [2.05, 4.69) is 19.9 Å². The number of aliphatic hydroxyl groups excluding tert-OH is 2. The number of esters is 1. The SMILES string of the molecule is CCC1(C(O)CCC[C@H]2CC[C@@H](C#N)C2)CCC1.CCCc1ccc(C(=O)OCCO)s1. The quantitative estimate of drug-likeness (QED) is 0.399. The standard InChI is InChI=1S/C16H27NO.C10H14O3S/c1-2-16(9-4-10-16)15(18)6-3-5-13-7-8-14(11-13)12-17;1-2-3-8-4-5-9(14-8)10(12)13-7-6-11/h13-15,18H,2-11H2,1H3;4-5,11H,2-3,6-7H2,1H3/t13-,14+,15?;/m0./s1. The second kappa shape index (κ2) is 14.0. The Hall–Kier alpha value is -1.42. The van der Waals surface area contributed by atoms with Gasteiger partial charge in [0, 0.05) is 10.8 Å². The summed E-state index contributed by atoms with van der Waals surface area (Å²) in [6.07, 6.45) is 13.7. The molecule has 3 atom stereocenters. The van der Waals surface area contributed by atoms with E-state index in [1.54, 1.807) is 6.07 Å². The highest BCUT2D eigenvalue weighted by Gasteiger charge is 2.41. The maximum Gasteiger partial charge on any atom is 0.348 e. The van der Waals surface area contributed by atoms with Gasteiger partial charge in [0.1, 0.15) is 11.5 Å². The monoisotopic (exact) mass is 463 g/mol. The van der Waals surface area contributed by atoms with Crippen LogP contribution in [0, 0.1) is 28.6 Å². The number of carbonyl (C=O) groups is 1. The van der Waals surface area contributed by atoms with Gasteiger partial charge in [0.25, 0.3) is 0 Å². The molecule has 6 heteroatoms. The van der Waals surface area contributed by atoms with Crippen molar-refractivity contribution >= 4 is 17.3 Å². The Labute approximate surface area is 197 Å². The van der Waals surface area contributed by atoms with Crippen molar-refractivity contribution in [2.45, 2.75) is 97.0 Å². The van der Waals surface area contributed by atoms with Crippen molar-refractivity contribution in [1.82, 2.24) is 0 Å². The molecule has 1 aromatic rings. The molecule has 0 bridgehead atoms. The molecule has 1 unspecified atom stereocenters. The van der Waals surface area contributed by atoms with Gasteiger partial charge in [-0.2, -0.15) is 5.26 Å². The Kier molecular flexibility index (Phi) is 11.7. The van der Waals surface area contributed by atoms with Gasteiger partial charge in [-0.25, -0.2) is 4.79 Å². The van der Waals surface area contributed by atoms with Crippen LogP contribution in [-0.2, 0) is 11.2 Å². The number of nitriles is 1. The fourth-order valence-electron chi connectivity index (χ4n) is 4.99. The summed E-state index contributed by atoms with van der Waals surface area (Å²) < 4.78 is 4.79. The summed E-state index contributed by atoms with van der Waals surface area (Å²) >= 11 is 1.46. The number of hydrogen-bond acceptors (Lipinski definition) is 6. The summed E-state index contributed by atoms with van der Waals surface area (Å²) in [6, 6.07) is 6.12. The number of carbonyl (C=O) groups excluding carboxylic acids is 1. The van der Waals surface area contributed by atoms with Crippen LogP contribution in [0.1, 0.15) is 99.0 Å². The van der Waals surface area contributed by atoms with E-state index in [-0.39, 0.29) is 30.7 Å². The highest BCUT2D eigenvalue weighted by Crippen LogP contribution is 2.48. The second-order valence-corrected chi connectivity index (χ2v) is 10.6. The van der Waals surface area contributed by atoms with Crippen LogP contribution in [0.4, 0.5) is 0 Å². The van der Waals surface area contributed by atoms with Crippen LogP contribution in [0.25, 0.3) is 0 Å². The van der Waals surface area contributed by atoms with E-state index in [1.165, 1.54) is 48.3 Å². The average Bonchev–Trinajstić information content (AvgIpc) is 3.42. The summed E-state index contributed by atoms with van der Waals surface area (Å²) in [7, 11) is 0. The zero-order valence-corrected chi connectivity index (χ0v) is 20.7. The number of nitrogens with zero attached hydrogens (tertiary/aromatic N) is 1. The molecule has 0 amide bonds. The van der Waals surface area contributed by atoms with Crippen molar-refractivity contribution < 1.29 is 19.7 Å². The van der Waals surface area contributed by atoms with E-state index in [0.717, 1.165) is 50.9 Å². The molecule has 0 saturated heterocycles. The highest BCUT2D eigenvalue weighted by molar-refractivity contribution is 7.13. The van der Waals surface area contributed by atoms with Crippen LogP contribution in [0.15, 0.2) is 12.1 Å². The zero-order chi connectivity index (χ0) is 23.4. The molecule has 0 spiro atoms. The lowest BCUT2D eigenvalue weighted by Crippen LogP contribution is -2.40. The second-order valence-electron chi connectivity index (χ2n) is 9.40. The van der Waals surface area contributed by atoms with E-state index in [9.17, 15) is 9.90 Å². The fraction of sp³-hybridized carbons (Fsp3) is 0.769. The molecule has 0 aromatic carbocycles. The number of rotatable bonds is 11. The molecule has 1 heterocycles. The van der Waals surface area contributed by atoms with Gasteiger partial charge in [-0.3, -0.25) is 0 Å². The average molecular weight is 464 g/mol. The van der Waals surface area contributed by atoms with Crippen molar-refractivity contribution in [1.29, 1.82) is 5.26 Å². The molecule has 2 aliphatic carbocycles. The predicted octanol–water partition coefficient (Wildman–Crippen LogP) is 5.89. The Morgan fingerprint density at radius 1 is 1.34 bits per heavy atom. The summed E-state index contributed by atoms with van der Waals surface area (Å²) in [5.41, 5.74) is 0.269. The molecule has 3 rings (SSSR count). The van der Waals surface area contributed by atoms with E-state index >= 15 is 0 Å². The molecule has 180 valence electrons. The number of aliphatic hydroxyl groups is 2. The van der Waals surface area contributed by atoms with Crippen LogP contribution < -0.4 is 0 Å². The third-order valence-electron chi connectivity index (χ3n) is 7.26. The Morgan fingerprint density at radius 3 is 2.69 bits per heavy atom. The minimum Gasteiger partial charge on any atom is -0.459 e. The first kappa shape index (κ1) is 26.8. The summed E-state index contributed by atoms with van der Waals surface area (Å²) in [6.45, 7) is 4.26. The molecule has 0 aliphatic heterocycles. The lowest BCUT2D eigenvalue weighted by atomic mass is 9.62. The van der Waals surface area contributed by atoms with Crippen LogP contribution in [0.5, 0.6) is 0 Å². The van der Waals surface area contributed by atoms with Crippen LogP contribution in [0.3, 0.4) is 0 Å². The molecule has 2 N–H and O–H groups in total. The van der Waals surface area contributed by atoms with E-state index < -0.39 is 0 Å². The van der Waals surface area contributed by atoms with Gasteiger partial charge in [-0.15, -0.1) is 11.3 Å². The molecule has 2 fully saturated rings. The molecular formula is C26H41NO4S. The molecule has 0 radical (unpaired) electrons. The van der Waals surface area contributed by atoms with Crippen LogP contribution in [-0.4, -0.2) is 35.5 Å². The van der Waals surface area contributed by atoms with Crippen molar-refractivity contribution in [2.75, 3.05) is 13.2 Å². The maximum atomic E-state index is 11.3. The van der Waals surface area contributed by atoms with E-state index in [0.29, 0.717) is 10.8 Å². The number of hydrogen-bond donors (Lipinski definition) is 2. The van der Waals surface area contributed by atoms with Gasteiger partial charge in [-0.05, 0) is 74.8 Å². The summed E-state index contributed by atoms with van der Waals surface area (Å²) in [4.78, 5) is 13.1. The molecule has 1 aromatic heterocycles. The number of ether oxygens (including phenoxy) is 1. The lowest BCUT2D eigenvalue weighted by Gasteiger charge is -2.45. The van der Waals surface area contributed by atoms with Gasteiger partial charge in [0.2, 0.25) is 0 Å². The summed E-state index contributed by atoms with van der Waals surface area (Å²) in [5.74, 6) is 0.723. The van der Waals surface area contributed by atoms with Crippen LogP contribution in [0.2, 0.25) is 0 Å². The molecule has 32 heavy (non-hydrogen) atoms. The molecule has 5 nitrogen and oxygen atoms in total. The smallest absolute Gasteiger partial charge is 0.348 e. The normalized spacial score (nSPS) is 22.2. The topological polar surface area (TPSA) is 90.5 Å². The van der Waals surface area contributed by atoms with Crippen molar-refractivity contribution in [3.8, 4) is 6.07 Å². The molecule has 2 saturated carbocycles. The third-order valence-corrected chi connectivity index (χ3v) is 8.38. The first-order chi connectivity index (χ1) is 15.5. The minimum absolute atomic E-state index is 0.0693. The maximum absolute atomic E-state index is 11.3. The Morgan fingerprint density at radius 2 is 2.12 bits per heavy atom. The Balaban J connectivity index is 0.000000235. The highest BCUT2D eigenvalue weighted by atomic mass is 32.1. The van der Waals surface area contributed by atoms with E-state index in [1.807, 2.05) is 6.07 Å². The Bertz CT molecular complexity index is 716. The van der Waals surface area contributed by atoms with Gasteiger partial charge >= 0.3 is 5.97 Å². The van der Waals surface area contributed by atoms with E-state index in [4.69, 9.17) is 15.1 Å². The van der Waals surface area contributed by atoms with Crippen LogP contribution >= 0.6 is 11.3 Å². The molecular weight excluding hydrogens is 422 g/mol. The minimum atomic E-state index is -0.341. The fourth-order valence-corrected chi connectivity index (χ4v) is 5.99. The van der Waals surface area contributed by atoms with Crippen molar-refractivity contribution in [3.63, 3.8) is 0 Å². The van der Waals surface area contributed by atoms with Gasteiger partial charge in [-0.1, -0.05) is 39.5 Å². The zero-order valence-electron chi connectivity index (χ0n) is 19.9. The first-order valence-electron chi connectivity index (χ1n) is 12.4. The van der Waals surface area contributed by atoms with Gasteiger partial charge in [0.05, 0.1) is 18.8 Å².